The molecule has 90 heavy (non-hydrogen) atoms. The fourth-order valence-corrected chi connectivity index (χ4v) is 14.7. The standard InChI is InChI=1S/C80H100N2O8/c1-79(2,3)67-47-43-57(51-69(67)81-75(83)53-65-61-33-17-21-37-71(61)89-72-38-22-18-34-62(65)72)41-45-59(31-15-13-29-55-25-9-7-10-26-55)87-77(85)49-50-78(86)88-60(32-16-14-30-56-27-11-8-12-28-56)46-42-58-44-48-68(80(4,5)6)70(52-58)82-76(84)54-66-63-35-19-23-39-73(63)90-74-40-24-20-36-64(66)74/h17-24,33-40,43-44,47-48,51-52,55-56,59-60,65-66H,7-16,25-32,41-42,45-46,49-50,53-54H2,1-6H3,(H,81,83)(H,82,84)/t59-,60-/m0/s1. The van der Waals surface area contributed by atoms with E-state index in [9.17, 15) is 19.2 Å². The van der Waals surface area contributed by atoms with Gasteiger partial charge in [0.15, 0.2) is 0 Å². The van der Waals surface area contributed by atoms with Crippen LogP contribution in [0.15, 0.2) is 133 Å². The highest BCUT2D eigenvalue weighted by molar-refractivity contribution is 5.94. The highest BCUT2D eigenvalue weighted by atomic mass is 16.6. The molecule has 0 saturated heterocycles. The summed E-state index contributed by atoms with van der Waals surface area (Å²) >= 11 is 0. The van der Waals surface area contributed by atoms with E-state index in [1.165, 1.54) is 77.0 Å². The molecule has 478 valence electrons. The van der Waals surface area contributed by atoms with Crippen molar-refractivity contribution in [2.24, 2.45) is 11.8 Å². The predicted molar refractivity (Wildman–Crippen MR) is 362 cm³/mol. The van der Waals surface area contributed by atoms with E-state index in [0.29, 0.717) is 25.7 Å². The number of aryl methyl sites for hydroxylation is 2. The number of anilines is 2. The van der Waals surface area contributed by atoms with Crippen molar-refractivity contribution in [2.45, 2.75) is 243 Å². The smallest absolute Gasteiger partial charge is 0.306 e. The molecule has 2 saturated carbocycles. The number of para-hydroxylation sites is 4. The summed E-state index contributed by atoms with van der Waals surface area (Å²) in [6, 6.07) is 44.7. The van der Waals surface area contributed by atoms with Crippen LogP contribution in [-0.2, 0) is 52.3 Å². The van der Waals surface area contributed by atoms with Crippen LogP contribution in [0, 0.1) is 11.8 Å². The van der Waals surface area contributed by atoms with Crippen LogP contribution in [0.2, 0.25) is 0 Å². The van der Waals surface area contributed by atoms with Crippen molar-refractivity contribution in [2.75, 3.05) is 10.6 Å². The number of ether oxygens (including phenoxy) is 4. The largest absolute Gasteiger partial charge is 0.462 e. The molecular weight excluding hydrogens is 1120 g/mol. The van der Waals surface area contributed by atoms with Crippen LogP contribution in [0.5, 0.6) is 23.0 Å². The number of hydrogen-bond acceptors (Lipinski definition) is 8. The van der Waals surface area contributed by atoms with Gasteiger partial charge < -0.3 is 29.6 Å². The molecule has 6 aromatic rings. The van der Waals surface area contributed by atoms with Crippen LogP contribution < -0.4 is 20.1 Å². The highest BCUT2D eigenvalue weighted by Gasteiger charge is 2.32. The fraction of sp³-hybridized carbons (Fsp3) is 0.500. The van der Waals surface area contributed by atoms with Crippen LogP contribution in [0.4, 0.5) is 11.4 Å². The van der Waals surface area contributed by atoms with Crippen LogP contribution >= 0.6 is 0 Å². The van der Waals surface area contributed by atoms with Crippen LogP contribution in [-0.4, -0.2) is 36.0 Å². The average molecular weight is 1220 g/mol. The third kappa shape index (κ3) is 18.3. The SMILES string of the molecule is CC(C)(C)c1ccc(CC[C@H](CCCCC2CCCCC2)OC(=O)CCC(=O)O[C@@H](CCCCC2CCCCC2)CCc2ccc(C(C)(C)C)c(NC(=O)CC3c4ccccc4Oc4ccccc43)c2)cc1NC(=O)CC1c2ccccc2Oc2ccccc21. The van der Waals surface area contributed by atoms with Gasteiger partial charge in [-0.05, 0) is 133 Å². The van der Waals surface area contributed by atoms with E-state index in [1.807, 2.05) is 72.8 Å². The first-order chi connectivity index (χ1) is 43.5. The summed E-state index contributed by atoms with van der Waals surface area (Å²) in [5, 5.41) is 6.70. The van der Waals surface area contributed by atoms with Crippen molar-refractivity contribution < 1.29 is 38.1 Å². The third-order valence-corrected chi connectivity index (χ3v) is 19.6. The summed E-state index contributed by atoms with van der Waals surface area (Å²) in [6.45, 7) is 13.0. The Bertz CT molecular complexity index is 3060. The van der Waals surface area contributed by atoms with Gasteiger partial charge in [-0.2, -0.15) is 0 Å². The van der Waals surface area contributed by atoms with Crippen LogP contribution in [0.3, 0.4) is 0 Å². The average Bonchev–Trinajstić information content (AvgIpc) is 0.811. The van der Waals surface area contributed by atoms with Gasteiger partial charge >= 0.3 is 11.9 Å². The Labute approximate surface area is 537 Å². The Morgan fingerprint density at radius 1 is 0.444 bits per heavy atom. The number of fused-ring (bicyclic) bond motifs is 4. The lowest BCUT2D eigenvalue weighted by Crippen LogP contribution is -2.23. The van der Waals surface area contributed by atoms with Gasteiger partial charge in [0.25, 0.3) is 0 Å². The molecule has 0 aromatic heterocycles. The first-order valence-corrected chi connectivity index (χ1v) is 34.5. The second-order valence-corrected chi connectivity index (χ2v) is 28.6. The van der Waals surface area contributed by atoms with Gasteiger partial charge in [0.05, 0.1) is 12.8 Å². The monoisotopic (exact) mass is 1220 g/mol. The number of amides is 2. The minimum absolute atomic E-state index is 0.0489. The van der Waals surface area contributed by atoms with E-state index < -0.39 is 0 Å². The van der Waals surface area contributed by atoms with Gasteiger partial charge in [-0.1, -0.05) is 228 Å². The molecule has 2 N–H and O–H groups in total. The van der Waals surface area contributed by atoms with E-state index in [4.69, 9.17) is 18.9 Å². The first-order valence-electron chi connectivity index (χ1n) is 34.5. The molecule has 6 aromatic carbocycles. The van der Waals surface area contributed by atoms with Crippen LogP contribution in [0.25, 0.3) is 0 Å². The minimum Gasteiger partial charge on any atom is -0.462 e. The topological polar surface area (TPSA) is 129 Å². The number of rotatable bonds is 27. The molecule has 10 rings (SSSR count). The van der Waals surface area contributed by atoms with Crippen molar-refractivity contribution in [3.05, 3.63) is 178 Å². The minimum atomic E-state index is -0.376. The summed E-state index contributed by atoms with van der Waals surface area (Å²) in [7, 11) is 0. The quantitative estimate of drug-likeness (QED) is 0.0385. The zero-order chi connectivity index (χ0) is 63.0. The molecule has 0 radical (unpaired) electrons. The number of benzene rings is 6. The first kappa shape index (κ1) is 65.7. The van der Waals surface area contributed by atoms with E-state index >= 15 is 0 Å². The summed E-state index contributed by atoms with van der Waals surface area (Å²) in [5.74, 6) is 3.48. The van der Waals surface area contributed by atoms with Gasteiger partial charge in [-0.3, -0.25) is 19.2 Å². The number of carbonyl (C=O) groups excluding carboxylic acids is 4. The molecular formula is C80H100N2O8. The van der Waals surface area contributed by atoms with Crippen molar-refractivity contribution in [1.82, 2.24) is 0 Å². The molecule has 2 heterocycles. The predicted octanol–water partition coefficient (Wildman–Crippen LogP) is 20.3. The second-order valence-electron chi connectivity index (χ2n) is 28.6. The number of hydrogen-bond donors (Lipinski definition) is 2. The number of nitrogens with one attached hydrogen (secondary N) is 2. The molecule has 2 aliphatic carbocycles. The number of esters is 2. The molecule has 2 fully saturated rings. The molecule has 0 spiro atoms. The zero-order valence-corrected chi connectivity index (χ0v) is 54.8. The van der Waals surface area contributed by atoms with E-state index in [-0.39, 0.29) is 84.3 Å². The third-order valence-electron chi connectivity index (χ3n) is 19.6. The van der Waals surface area contributed by atoms with E-state index in [0.717, 1.165) is 129 Å². The molecule has 10 nitrogen and oxygen atoms in total. The maximum absolute atomic E-state index is 14.2. The van der Waals surface area contributed by atoms with Gasteiger partial charge in [-0.15, -0.1) is 0 Å². The molecule has 2 amide bonds. The van der Waals surface area contributed by atoms with Crippen molar-refractivity contribution in [3.8, 4) is 23.0 Å². The molecule has 0 bridgehead atoms. The van der Waals surface area contributed by atoms with Crippen molar-refractivity contribution in [1.29, 1.82) is 0 Å². The molecule has 2 atom stereocenters. The zero-order valence-electron chi connectivity index (χ0n) is 54.8. The highest BCUT2D eigenvalue weighted by Crippen LogP contribution is 2.48. The normalized spacial score (nSPS) is 16.0. The summed E-state index contributed by atoms with van der Waals surface area (Å²) in [6.07, 6.45) is 23.6. The summed E-state index contributed by atoms with van der Waals surface area (Å²) in [4.78, 5) is 56.4. The Kier molecular flexibility index (Phi) is 22.8. The Morgan fingerprint density at radius 2 is 0.789 bits per heavy atom. The number of carbonyl (C=O) groups is 4. The Hall–Kier alpha value is -7.20. The van der Waals surface area contributed by atoms with Crippen molar-refractivity contribution >= 4 is 35.1 Å². The Morgan fingerprint density at radius 3 is 1.13 bits per heavy atom. The Balaban J connectivity index is 0.779. The maximum atomic E-state index is 14.2. The van der Waals surface area contributed by atoms with Gasteiger partial charge in [0.2, 0.25) is 11.8 Å². The van der Waals surface area contributed by atoms with E-state index in [2.05, 4.69) is 113 Å². The summed E-state index contributed by atoms with van der Waals surface area (Å²) in [5.41, 5.74) is 9.37. The van der Waals surface area contributed by atoms with Crippen molar-refractivity contribution in [3.63, 3.8) is 0 Å². The molecule has 2 aliphatic heterocycles. The second kappa shape index (κ2) is 31.2. The maximum Gasteiger partial charge on any atom is 0.306 e. The van der Waals surface area contributed by atoms with Crippen LogP contribution in [0.1, 0.15) is 252 Å². The fourth-order valence-electron chi connectivity index (χ4n) is 14.7. The molecule has 0 unspecified atom stereocenters. The van der Waals surface area contributed by atoms with Gasteiger partial charge in [-0.25, -0.2) is 0 Å². The van der Waals surface area contributed by atoms with Gasteiger partial charge in [0, 0.05) is 58.3 Å². The molecule has 10 heteroatoms. The van der Waals surface area contributed by atoms with Gasteiger partial charge in [0.1, 0.15) is 35.2 Å². The molecule has 4 aliphatic rings. The lowest BCUT2D eigenvalue weighted by atomic mass is 9.84. The lowest BCUT2D eigenvalue weighted by Gasteiger charge is -2.28. The summed E-state index contributed by atoms with van der Waals surface area (Å²) < 4.78 is 25.2. The number of unbranched alkanes of at least 4 members (excludes halogenated alkanes) is 2. The van der Waals surface area contributed by atoms with E-state index in [1.54, 1.807) is 0 Å². The lowest BCUT2D eigenvalue weighted by molar-refractivity contribution is -0.156.